The molecule has 0 aliphatic carbocycles. The summed E-state index contributed by atoms with van der Waals surface area (Å²) in [5.74, 6) is 1.45. The van der Waals surface area contributed by atoms with Crippen LogP contribution in [0.3, 0.4) is 0 Å². The van der Waals surface area contributed by atoms with Gasteiger partial charge in [0.2, 0.25) is 0 Å². The number of aromatic nitrogens is 2. The van der Waals surface area contributed by atoms with Gasteiger partial charge in [0, 0.05) is 44.6 Å². The van der Waals surface area contributed by atoms with Gasteiger partial charge in [0.15, 0.2) is 5.96 Å². The first-order valence-corrected chi connectivity index (χ1v) is 9.02. The van der Waals surface area contributed by atoms with E-state index in [4.69, 9.17) is 9.73 Å². The number of guanidine groups is 1. The molecule has 0 spiro atoms. The molecule has 25 heavy (non-hydrogen) atoms. The van der Waals surface area contributed by atoms with Crippen LogP contribution in [0.1, 0.15) is 20.8 Å². The highest BCUT2D eigenvalue weighted by Crippen LogP contribution is 2.13. The zero-order chi connectivity index (χ0) is 17.2. The van der Waals surface area contributed by atoms with E-state index in [0.29, 0.717) is 12.0 Å². The Bertz CT molecular complexity index is 473. The van der Waals surface area contributed by atoms with Crippen molar-refractivity contribution < 1.29 is 4.74 Å². The predicted octanol–water partition coefficient (Wildman–Crippen LogP) is 1.41. The van der Waals surface area contributed by atoms with E-state index < -0.39 is 0 Å². The Labute approximate surface area is 168 Å². The summed E-state index contributed by atoms with van der Waals surface area (Å²) in [6.07, 6.45) is 3.77. The average molecular weight is 464 g/mol. The summed E-state index contributed by atoms with van der Waals surface area (Å²) in [7, 11) is 0. The van der Waals surface area contributed by atoms with Crippen molar-refractivity contribution in [2.75, 3.05) is 45.9 Å². The van der Waals surface area contributed by atoms with Gasteiger partial charge in [-0.3, -0.25) is 14.6 Å². The van der Waals surface area contributed by atoms with Crippen molar-refractivity contribution in [3.8, 4) is 0 Å². The lowest BCUT2D eigenvalue weighted by molar-refractivity contribution is 0.00867. The molecule has 1 unspecified atom stereocenters. The molecule has 0 bridgehead atoms. The Morgan fingerprint density at radius 1 is 1.28 bits per heavy atom. The van der Waals surface area contributed by atoms with Crippen LogP contribution in [0.5, 0.6) is 0 Å². The molecule has 0 aromatic carbocycles. The first-order chi connectivity index (χ1) is 11.7. The maximum Gasteiger partial charge on any atom is 0.191 e. The number of morpholine rings is 1. The Morgan fingerprint density at radius 2 is 2.04 bits per heavy atom. The van der Waals surface area contributed by atoms with Gasteiger partial charge in [-0.15, -0.1) is 24.0 Å². The highest BCUT2D eigenvalue weighted by atomic mass is 127. The molecule has 1 saturated heterocycles. The molecular formula is C17H33IN6O. The number of halogens is 1. The third-order valence-corrected chi connectivity index (χ3v) is 4.26. The maximum atomic E-state index is 5.47. The number of nitrogens with one attached hydrogen (secondary N) is 2. The lowest BCUT2D eigenvalue weighted by Crippen LogP contribution is -2.48. The van der Waals surface area contributed by atoms with E-state index in [1.807, 2.05) is 16.9 Å². The molecule has 2 heterocycles. The van der Waals surface area contributed by atoms with Crippen LogP contribution >= 0.6 is 24.0 Å². The number of rotatable bonds is 8. The van der Waals surface area contributed by atoms with Crippen LogP contribution in [0.15, 0.2) is 23.5 Å². The highest BCUT2D eigenvalue weighted by Gasteiger charge is 2.23. The summed E-state index contributed by atoms with van der Waals surface area (Å²) in [4.78, 5) is 7.32. The predicted molar refractivity (Wildman–Crippen MR) is 113 cm³/mol. The standard InChI is InChI=1S/C17H32N6O.HI/c1-4-18-17(19-7-9-23-8-5-6-21-23)20-14-16(15(2)3)22-10-12-24-13-11-22;/h5-6,8,15-16H,4,7,9-14H2,1-3H3,(H2,18,19,20);1H. The Balaban J connectivity index is 0.00000312. The van der Waals surface area contributed by atoms with Crippen molar-refractivity contribution in [2.24, 2.45) is 10.9 Å². The fraction of sp³-hybridized carbons (Fsp3) is 0.765. The number of hydrogen-bond acceptors (Lipinski definition) is 4. The normalized spacial score (nSPS) is 17.2. The van der Waals surface area contributed by atoms with E-state index in [9.17, 15) is 0 Å². The molecule has 1 aromatic rings. The van der Waals surface area contributed by atoms with Crippen molar-refractivity contribution in [1.29, 1.82) is 0 Å². The summed E-state index contributed by atoms with van der Waals surface area (Å²) in [5.41, 5.74) is 0. The minimum Gasteiger partial charge on any atom is -0.379 e. The van der Waals surface area contributed by atoms with Crippen molar-refractivity contribution in [2.45, 2.75) is 33.4 Å². The third kappa shape index (κ3) is 7.91. The highest BCUT2D eigenvalue weighted by molar-refractivity contribution is 14.0. The molecule has 8 heteroatoms. The number of ether oxygens (including phenoxy) is 1. The molecule has 2 rings (SSSR count). The smallest absolute Gasteiger partial charge is 0.191 e. The average Bonchev–Trinajstić information content (AvgIpc) is 3.09. The second kappa shape index (κ2) is 12.5. The molecule has 144 valence electrons. The van der Waals surface area contributed by atoms with Crippen molar-refractivity contribution in [3.63, 3.8) is 0 Å². The summed E-state index contributed by atoms with van der Waals surface area (Å²) in [6.45, 7) is 13.6. The third-order valence-electron chi connectivity index (χ3n) is 4.26. The molecule has 1 aliphatic heterocycles. The van der Waals surface area contributed by atoms with Crippen LogP contribution in [0, 0.1) is 5.92 Å². The quantitative estimate of drug-likeness (QED) is 0.346. The summed E-state index contributed by atoms with van der Waals surface area (Å²) in [6, 6.07) is 2.39. The maximum absolute atomic E-state index is 5.47. The fourth-order valence-electron chi connectivity index (χ4n) is 2.91. The molecule has 1 aliphatic rings. The van der Waals surface area contributed by atoms with Gasteiger partial charge in [-0.05, 0) is 18.9 Å². The summed E-state index contributed by atoms with van der Waals surface area (Å²) in [5, 5.41) is 10.9. The van der Waals surface area contributed by atoms with Crippen molar-refractivity contribution in [3.05, 3.63) is 18.5 Å². The monoisotopic (exact) mass is 464 g/mol. The zero-order valence-electron chi connectivity index (χ0n) is 15.6. The van der Waals surface area contributed by atoms with E-state index in [1.54, 1.807) is 6.20 Å². The van der Waals surface area contributed by atoms with Crippen LogP contribution in [-0.2, 0) is 11.3 Å². The Hall–Kier alpha value is -0.870. The molecule has 1 atom stereocenters. The van der Waals surface area contributed by atoms with Crippen LogP contribution in [0.2, 0.25) is 0 Å². The molecule has 2 N–H and O–H groups in total. The van der Waals surface area contributed by atoms with Gasteiger partial charge in [-0.2, -0.15) is 5.10 Å². The van der Waals surface area contributed by atoms with Crippen molar-refractivity contribution >= 4 is 29.9 Å². The number of aliphatic imine (C=N–C) groups is 1. The minimum absolute atomic E-state index is 0. The molecule has 7 nitrogen and oxygen atoms in total. The molecule has 0 saturated carbocycles. The molecule has 0 amide bonds. The van der Waals surface area contributed by atoms with Gasteiger partial charge in [0.25, 0.3) is 0 Å². The van der Waals surface area contributed by atoms with Gasteiger partial charge in [-0.1, -0.05) is 13.8 Å². The van der Waals surface area contributed by atoms with E-state index in [1.165, 1.54) is 0 Å². The minimum atomic E-state index is 0. The van der Waals surface area contributed by atoms with Gasteiger partial charge >= 0.3 is 0 Å². The van der Waals surface area contributed by atoms with Crippen LogP contribution in [0.4, 0.5) is 0 Å². The lowest BCUT2D eigenvalue weighted by Gasteiger charge is -2.36. The Kier molecular flexibility index (Phi) is 11.1. The second-order valence-corrected chi connectivity index (χ2v) is 6.38. The largest absolute Gasteiger partial charge is 0.379 e. The number of nitrogens with zero attached hydrogens (tertiary/aromatic N) is 4. The van der Waals surface area contributed by atoms with Crippen molar-refractivity contribution in [1.82, 2.24) is 25.3 Å². The van der Waals surface area contributed by atoms with Gasteiger partial charge in [0.1, 0.15) is 0 Å². The van der Waals surface area contributed by atoms with E-state index in [0.717, 1.165) is 58.4 Å². The van der Waals surface area contributed by atoms with Gasteiger partial charge in [-0.25, -0.2) is 0 Å². The first kappa shape index (κ1) is 22.2. The fourth-order valence-corrected chi connectivity index (χ4v) is 2.91. The second-order valence-electron chi connectivity index (χ2n) is 6.38. The molecule has 0 radical (unpaired) electrons. The van der Waals surface area contributed by atoms with Gasteiger partial charge < -0.3 is 15.4 Å². The van der Waals surface area contributed by atoms with Gasteiger partial charge in [0.05, 0.1) is 26.3 Å². The van der Waals surface area contributed by atoms with E-state index in [2.05, 4.69) is 41.4 Å². The van der Waals surface area contributed by atoms with Crippen LogP contribution in [0.25, 0.3) is 0 Å². The van der Waals surface area contributed by atoms with Crippen LogP contribution < -0.4 is 10.6 Å². The summed E-state index contributed by atoms with van der Waals surface area (Å²) < 4.78 is 7.39. The Morgan fingerprint density at radius 3 is 2.64 bits per heavy atom. The van der Waals surface area contributed by atoms with E-state index >= 15 is 0 Å². The first-order valence-electron chi connectivity index (χ1n) is 9.02. The summed E-state index contributed by atoms with van der Waals surface area (Å²) >= 11 is 0. The molecule has 1 fully saturated rings. The van der Waals surface area contributed by atoms with Crippen LogP contribution in [-0.4, -0.2) is 72.6 Å². The van der Waals surface area contributed by atoms with E-state index in [-0.39, 0.29) is 24.0 Å². The number of hydrogen-bond donors (Lipinski definition) is 2. The lowest BCUT2D eigenvalue weighted by atomic mass is 10.0. The SMILES string of the molecule is CCNC(=NCC(C(C)C)N1CCOCC1)NCCn1cccn1.I. The zero-order valence-corrected chi connectivity index (χ0v) is 18.0. The topological polar surface area (TPSA) is 66.7 Å². The molecule has 1 aromatic heterocycles. The molecular weight excluding hydrogens is 431 g/mol.